The molecule has 0 aromatic rings. The Bertz CT molecular complexity index is 148. The van der Waals surface area contributed by atoms with Gasteiger partial charge in [-0.3, -0.25) is 0 Å². The Balaban J connectivity index is 2.06. The quantitative estimate of drug-likeness (QED) is 0.516. The zero-order valence-electron chi connectivity index (χ0n) is 9.47. The molecule has 14 heavy (non-hydrogen) atoms. The predicted octanol–water partition coefficient (Wildman–Crippen LogP) is 2.03. The number of hydrogen-bond acceptors (Lipinski definition) is 2. The highest BCUT2D eigenvalue weighted by molar-refractivity contribution is 4.78. The van der Waals surface area contributed by atoms with Crippen molar-refractivity contribution < 1.29 is 0 Å². The molecule has 1 N–H and O–H groups in total. The second-order valence-corrected chi connectivity index (χ2v) is 4.15. The lowest BCUT2D eigenvalue weighted by atomic mass is 10.0. The molecule has 1 aliphatic heterocycles. The Morgan fingerprint density at radius 3 is 2.71 bits per heavy atom. The molecule has 1 saturated heterocycles. The highest BCUT2D eigenvalue weighted by Crippen LogP contribution is 2.10. The molecule has 0 aromatic carbocycles. The number of rotatable bonds is 6. The molecule has 0 unspecified atom stereocenters. The minimum atomic E-state index is 0.753. The van der Waals surface area contributed by atoms with Crippen LogP contribution in [0, 0.1) is 0 Å². The number of likely N-dealkylation sites (tertiary alicyclic amines) is 1. The van der Waals surface area contributed by atoms with Gasteiger partial charge in [-0.1, -0.05) is 13.0 Å². The van der Waals surface area contributed by atoms with Gasteiger partial charge in [-0.25, -0.2) is 0 Å². The van der Waals surface area contributed by atoms with E-state index in [1.807, 2.05) is 6.08 Å². The summed E-state index contributed by atoms with van der Waals surface area (Å²) in [4.78, 5) is 2.58. The van der Waals surface area contributed by atoms with Crippen molar-refractivity contribution >= 4 is 0 Å². The van der Waals surface area contributed by atoms with Crippen molar-refractivity contribution in [3.05, 3.63) is 12.7 Å². The predicted molar refractivity (Wildman–Crippen MR) is 62.6 cm³/mol. The highest BCUT2D eigenvalue weighted by atomic mass is 15.1. The van der Waals surface area contributed by atoms with E-state index in [2.05, 4.69) is 23.7 Å². The average molecular weight is 196 g/mol. The third-order valence-corrected chi connectivity index (χ3v) is 2.91. The van der Waals surface area contributed by atoms with Gasteiger partial charge in [0, 0.05) is 6.04 Å². The summed E-state index contributed by atoms with van der Waals surface area (Å²) in [5, 5.41) is 3.59. The molecule has 0 bridgehead atoms. The molecule has 2 nitrogen and oxygen atoms in total. The van der Waals surface area contributed by atoms with Crippen molar-refractivity contribution in [2.45, 2.75) is 38.6 Å². The number of hydrogen-bond donors (Lipinski definition) is 1. The molecule has 1 rings (SSSR count). The van der Waals surface area contributed by atoms with Crippen LogP contribution in [0.3, 0.4) is 0 Å². The fourth-order valence-electron chi connectivity index (χ4n) is 2.07. The van der Waals surface area contributed by atoms with Crippen molar-refractivity contribution in [2.75, 3.05) is 26.2 Å². The van der Waals surface area contributed by atoms with Crippen LogP contribution in [0.4, 0.5) is 0 Å². The molecule has 0 saturated carbocycles. The third kappa shape index (κ3) is 4.25. The molecule has 0 aromatic heterocycles. The first-order chi connectivity index (χ1) is 6.86. The fourth-order valence-corrected chi connectivity index (χ4v) is 2.07. The first kappa shape index (κ1) is 11.7. The van der Waals surface area contributed by atoms with Crippen LogP contribution in [-0.2, 0) is 0 Å². The first-order valence-corrected chi connectivity index (χ1v) is 5.93. The van der Waals surface area contributed by atoms with Crippen LogP contribution in [0.2, 0.25) is 0 Å². The summed E-state index contributed by atoms with van der Waals surface area (Å²) < 4.78 is 0. The van der Waals surface area contributed by atoms with E-state index in [1.165, 1.54) is 38.9 Å². The van der Waals surface area contributed by atoms with Crippen molar-refractivity contribution in [3.63, 3.8) is 0 Å². The van der Waals surface area contributed by atoms with Crippen LogP contribution in [0.15, 0.2) is 12.7 Å². The van der Waals surface area contributed by atoms with Crippen LogP contribution in [0.5, 0.6) is 0 Å². The zero-order chi connectivity index (χ0) is 10.2. The van der Waals surface area contributed by atoms with Crippen LogP contribution in [-0.4, -0.2) is 37.1 Å². The number of nitrogens with one attached hydrogen (secondary N) is 1. The third-order valence-electron chi connectivity index (χ3n) is 2.91. The molecule has 0 radical (unpaired) electrons. The van der Waals surface area contributed by atoms with E-state index in [1.54, 1.807) is 0 Å². The van der Waals surface area contributed by atoms with Crippen molar-refractivity contribution in [3.8, 4) is 0 Å². The van der Waals surface area contributed by atoms with Gasteiger partial charge in [-0.2, -0.15) is 0 Å². The van der Waals surface area contributed by atoms with Crippen molar-refractivity contribution in [1.29, 1.82) is 0 Å². The van der Waals surface area contributed by atoms with Gasteiger partial charge in [0.1, 0.15) is 0 Å². The summed E-state index contributed by atoms with van der Waals surface area (Å²) >= 11 is 0. The van der Waals surface area contributed by atoms with Gasteiger partial charge in [-0.15, -0.1) is 6.58 Å². The maximum Gasteiger partial charge on any atom is 0.00915 e. The summed E-state index contributed by atoms with van der Waals surface area (Å²) in [6.45, 7) is 10.9. The maximum atomic E-state index is 3.73. The van der Waals surface area contributed by atoms with Crippen molar-refractivity contribution in [2.24, 2.45) is 0 Å². The molecule has 0 atom stereocenters. The summed E-state index contributed by atoms with van der Waals surface area (Å²) in [6.07, 6.45) is 7.00. The van der Waals surface area contributed by atoms with Crippen LogP contribution >= 0.6 is 0 Å². The van der Waals surface area contributed by atoms with Gasteiger partial charge in [0.15, 0.2) is 0 Å². The highest BCUT2D eigenvalue weighted by Gasteiger charge is 2.17. The molecule has 2 heteroatoms. The van der Waals surface area contributed by atoms with E-state index < -0.39 is 0 Å². The first-order valence-electron chi connectivity index (χ1n) is 5.93. The van der Waals surface area contributed by atoms with E-state index in [0.717, 1.165) is 19.0 Å². The Morgan fingerprint density at radius 2 is 2.14 bits per heavy atom. The molecule has 0 spiro atoms. The molecular weight excluding hydrogens is 172 g/mol. The monoisotopic (exact) mass is 196 g/mol. The van der Waals surface area contributed by atoms with Gasteiger partial charge in [-0.05, 0) is 51.9 Å². The molecular formula is C12H24N2. The second-order valence-electron chi connectivity index (χ2n) is 4.15. The topological polar surface area (TPSA) is 15.3 Å². The van der Waals surface area contributed by atoms with Crippen molar-refractivity contribution in [1.82, 2.24) is 10.2 Å². The summed E-state index contributed by atoms with van der Waals surface area (Å²) in [5.74, 6) is 0. The van der Waals surface area contributed by atoms with E-state index >= 15 is 0 Å². The Labute approximate surface area is 88.4 Å². The lowest BCUT2D eigenvalue weighted by Crippen LogP contribution is -2.42. The Kier molecular flexibility index (Phi) is 5.88. The molecule has 82 valence electrons. The number of nitrogens with zero attached hydrogens (tertiary/aromatic N) is 1. The SMILES string of the molecule is C=CCCNC1CCN(CCC)CC1. The second kappa shape index (κ2) is 7.02. The van der Waals surface area contributed by atoms with E-state index in [4.69, 9.17) is 0 Å². The van der Waals surface area contributed by atoms with Gasteiger partial charge in [0.25, 0.3) is 0 Å². The van der Waals surface area contributed by atoms with Gasteiger partial charge >= 0.3 is 0 Å². The maximum absolute atomic E-state index is 3.73. The van der Waals surface area contributed by atoms with Crippen LogP contribution < -0.4 is 5.32 Å². The molecule has 1 aliphatic rings. The average Bonchev–Trinajstić information content (AvgIpc) is 2.21. The van der Waals surface area contributed by atoms with E-state index in [0.29, 0.717) is 0 Å². The van der Waals surface area contributed by atoms with E-state index in [-0.39, 0.29) is 0 Å². The Hall–Kier alpha value is -0.340. The minimum Gasteiger partial charge on any atom is -0.314 e. The fraction of sp³-hybridized carbons (Fsp3) is 0.833. The lowest BCUT2D eigenvalue weighted by molar-refractivity contribution is 0.198. The van der Waals surface area contributed by atoms with Crippen LogP contribution in [0.25, 0.3) is 0 Å². The summed E-state index contributed by atoms with van der Waals surface area (Å²) in [5.41, 5.74) is 0. The molecule has 0 amide bonds. The smallest absolute Gasteiger partial charge is 0.00915 e. The summed E-state index contributed by atoms with van der Waals surface area (Å²) in [7, 11) is 0. The molecule has 0 aliphatic carbocycles. The lowest BCUT2D eigenvalue weighted by Gasteiger charge is -2.32. The molecule has 1 fully saturated rings. The number of piperidine rings is 1. The van der Waals surface area contributed by atoms with Gasteiger partial charge in [0.05, 0.1) is 0 Å². The zero-order valence-corrected chi connectivity index (χ0v) is 9.47. The Morgan fingerprint density at radius 1 is 1.43 bits per heavy atom. The summed E-state index contributed by atoms with van der Waals surface area (Å²) in [6, 6.07) is 0.753. The molecule has 1 heterocycles. The standard InChI is InChI=1S/C12H24N2/c1-3-5-8-13-12-6-10-14(9-4-2)11-7-12/h3,12-13H,1,4-11H2,2H3. The van der Waals surface area contributed by atoms with Gasteiger partial charge in [0.2, 0.25) is 0 Å². The minimum absolute atomic E-state index is 0.753. The van der Waals surface area contributed by atoms with Crippen LogP contribution in [0.1, 0.15) is 32.6 Å². The van der Waals surface area contributed by atoms with E-state index in [9.17, 15) is 0 Å². The largest absolute Gasteiger partial charge is 0.314 e. The normalized spacial score (nSPS) is 19.8. The van der Waals surface area contributed by atoms with Gasteiger partial charge < -0.3 is 10.2 Å².